The Hall–Kier alpha value is -2.05. The molecule has 0 saturated carbocycles. The lowest BCUT2D eigenvalue weighted by atomic mass is 10.1. The maximum absolute atomic E-state index is 12.4. The smallest absolute Gasteiger partial charge is 0.411 e. The summed E-state index contributed by atoms with van der Waals surface area (Å²) in [5.74, 6) is -0.741. The molecule has 0 fully saturated rings. The number of hydrogen-bond donors (Lipinski definition) is 0. The fourth-order valence-corrected chi connectivity index (χ4v) is 2.30. The molecule has 1 aliphatic rings. The second kappa shape index (κ2) is 7.02. The van der Waals surface area contributed by atoms with Crippen molar-refractivity contribution in [3.63, 3.8) is 0 Å². The standard InChI is InChI=1S/C16H26N2O5/c1-8-22-14(20)13-10(2)18(15(21)23-16(4,5)6)9-12(13)17(7)11(3)19/h10H,8-9H2,1-7H3. The fourth-order valence-electron chi connectivity index (χ4n) is 2.30. The monoisotopic (exact) mass is 326 g/mol. The summed E-state index contributed by atoms with van der Waals surface area (Å²) in [6, 6.07) is -0.527. The van der Waals surface area contributed by atoms with Crippen molar-refractivity contribution in [2.75, 3.05) is 20.2 Å². The van der Waals surface area contributed by atoms with Gasteiger partial charge in [0.15, 0.2) is 0 Å². The summed E-state index contributed by atoms with van der Waals surface area (Å²) in [5, 5.41) is 0. The van der Waals surface area contributed by atoms with Crippen LogP contribution in [0.2, 0.25) is 0 Å². The molecule has 1 heterocycles. The van der Waals surface area contributed by atoms with Crippen LogP contribution in [0.4, 0.5) is 4.79 Å². The number of carbonyl (C=O) groups is 3. The normalized spacial score (nSPS) is 18.0. The van der Waals surface area contributed by atoms with Crippen molar-refractivity contribution in [3.05, 3.63) is 11.3 Å². The van der Waals surface area contributed by atoms with Gasteiger partial charge in [-0.2, -0.15) is 0 Å². The molecular weight excluding hydrogens is 300 g/mol. The molecule has 0 radical (unpaired) electrons. The zero-order valence-electron chi connectivity index (χ0n) is 14.9. The van der Waals surface area contributed by atoms with Gasteiger partial charge in [0.25, 0.3) is 0 Å². The minimum absolute atomic E-state index is 0.125. The van der Waals surface area contributed by atoms with Crippen molar-refractivity contribution in [2.45, 2.75) is 53.2 Å². The summed E-state index contributed by atoms with van der Waals surface area (Å²) in [5.41, 5.74) is 0.139. The van der Waals surface area contributed by atoms with Gasteiger partial charge in [0.05, 0.1) is 30.5 Å². The highest BCUT2D eigenvalue weighted by molar-refractivity contribution is 5.94. The van der Waals surface area contributed by atoms with E-state index in [4.69, 9.17) is 9.47 Å². The molecule has 2 amide bonds. The number of amides is 2. The number of esters is 1. The molecule has 0 bridgehead atoms. The number of hydrogen-bond acceptors (Lipinski definition) is 5. The molecule has 1 aliphatic heterocycles. The van der Waals surface area contributed by atoms with Crippen LogP contribution < -0.4 is 0 Å². The van der Waals surface area contributed by atoms with Crippen LogP contribution in [0.15, 0.2) is 11.3 Å². The van der Waals surface area contributed by atoms with E-state index in [0.717, 1.165) is 0 Å². The first-order valence-corrected chi connectivity index (χ1v) is 7.63. The summed E-state index contributed by atoms with van der Waals surface area (Å²) >= 11 is 0. The lowest BCUT2D eigenvalue weighted by Crippen LogP contribution is -2.41. The molecule has 0 aromatic carbocycles. The molecule has 7 nitrogen and oxygen atoms in total. The summed E-state index contributed by atoms with van der Waals surface area (Å²) in [4.78, 5) is 39.1. The first-order chi connectivity index (χ1) is 10.5. The van der Waals surface area contributed by atoms with Crippen molar-refractivity contribution < 1.29 is 23.9 Å². The molecule has 0 spiro atoms. The molecule has 23 heavy (non-hydrogen) atoms. The van der Waals surface area contributed by atoms with Crippen LogP contribution in [-0.2, 0) is 19.1 Å². The van der Waals surface area contributed by atoms with E-state index in [0.29, 0.717) is 11.3 Å². The summed E-state index contributed by atoms with van der Waals surface area (Å²) in [6.07, 6.45) is -0.529. The summed E-state index contributed by atoms with van der Waals surface area (Å²) in [6.45, 7) is 10.5. The number of likely N-dealkylation sites (N-methyl/N-ethyl adjacent to an activating group) is 1. The van der Waals surface area contributed by atoms with Crippen LogP contribution in [0.5, 0.6) is 0 Å². The van der Waals surface area contributed by atoms with Crippen LogP contribution >= 0.6 is 0 Å². The Morgan fingerprint density at radius 1 is 1.30 bits per heavy atom. The van der Waals surface area contributed by atoms with Crippen molar-refractivity contribution in [1.29, 1.82) is 0 Å². The first-order valence-electron chi connectivity index (χ1n) is 7.63. The second-order valence-electron chi connectivity index (χ2n) is 6.44. The van der Waals surface area contributed by atoms with Crippen molar-refractivity contribution in [1.82, 2.24) is 9.80 Å². The van der Waals surface area contributed by atoms with E-state index in [1.54, 1.807) is 41.7 Å². The molecule has 7 heteroatoms. The van der Waals surface area contributed by atoms with Gasteiger partial charge < -0.3 is 14.4 Å². The zero-order valence-corrected chi connectivity index (χ0v) is 14.9. The Bertz CT molecular complexity index is 533. The van der Waals surface area contributed by atoms with Gasteiger partial charge in [-0.3, -0.25) is 9.69 Å². The van der Waals surface area contributed by atoms with E-state index >= 15 is 0 Å². The van der Waals surface area contributed by atoms with Gasteiger partial charge in [-0.25, -0.2) is 9.59 Å². The predicted molar refractivity (Wildman–Crippen MR) is 84.5 cm³/mol. The molecule has 130 valence electrons. The van der Waals surface area contributed by atoms with Crippen LogP contribution in [0, 0.1) is 0 Å². The Morgan fingerprint density at radius 3 is 2.30 bits per heavy atom. The van der Waals surface area contributed by atoms with E-state index in [1.807, 2.05) is 0 Å². The third kappa shape index (κ3) is 4.46. The molecule has 1 unspecified atom stereocenters. The SMILES string of the molecule is CCOC(=O)C1=C(N(C)C(C)=O)CN(C(=O)OC(C)(C)C)C1C. The quantitative estimate of drug-likeness (QED) is 0.741. The molecule has 0 aromatic heterocycles. The zero-order chi connectivity index (χ0) is 17.9. The highest BCUT2D eigenvalue weighted by Gasteiger charge is 2.40. The Labute approximate surface area is 137 Å². The van der Waals surface area contributed by atoms with Crippen LogP contribution in [0.3, 0.4) is 0 Å². The summed E-state index contributed by atoms with van der Waals surface area (Å²) < 4.78 is 10.4. The molecule has 0 N–H and O–H groups in total. The largest absolute Gasteiger partial charge is 0.463 e. The Balaban J connectivity index is 3.13. The molecule has 0 aliphatic carbocycles. The van der Waals surface area contributed by atoms with Crippen LogP contribution in [0.25, 0.3) is 0 Å². The minimum atomic E-state index is -0.643. The van der Waals surface area contributed by atoms with Crippen molar-refractivity contribution in [3.8, 4) is 0 Å². The van der Waals surface area contributed by atoms with Crippen LogP contribution in [0.1, 0.15) is 41.5 Å². The average Bonchev–Trinajstić information content (AvgIpc) is 2.73. The fraction of sp³-hybridized carbons (Fsp3) is 0.688. The third-order valence-electron chi connectivity index (χ3n) is 3.52. The molecule has 0 saturated heterocycles. The van der Waals surface area contributed by atoms with Crippen molar-refractivity contribution in [2.24, 2.45) is 0 Å². The molecule has 1 atom stereocenters. The maximum atomic E-state index is 12.4. The number of rotatable bonds is 3. The minimum Gasteiger partial charge on any atom is -0.463 e. The average molecular weight is 326 g/mol. The number of carbonyl (C=O) groups excluding carboxylic acids is 3. The lowest BCUT2D eigenvalue weighted by Gasteiger charge is -2.27. The van der Waals surface area contributed by atoms with Crippen LogP contribution in [-0.4, -0.2) is 59.6 Å². The van der Waals surface area contributed by atoms with Crippen molar-refractivity contribution >= 4 is 18.0 Å². The van der Waals surface area contributed by atoms with Gasteiger partial charge in [0.1, 0.15) is 5.60 Å². The second-order valence-corrected chi connectivity index (χ2v) is 6.44. The van der Waals surface area contributed by atoms with E-state index in [9.17, 15) is 14.4 Å². The van der Waals surface area contributed by atoms with Gasteiger partial charge in [-0.15, -0.1) is 0 Å². The summed E-state index contributed by atoms with van der Waals surface area (Å²) in [7, 11) is 1.57. The third-order valence-corrected chi connectivity index (χ3v) is 3.52. The van der Waals surface area contributed by atoms with Gasteiger partial charge in [-0.1, -0.05) is 0 Å². The van der Waals surface area contributed by atoms with E-state index in [2.05, 4.69) is 0 Å². The number of ether oxygens (including phenoxy) is 2. The predicted octanol–water partition coefficient (Wildman–Crippen LogP) is 1.92. The Kier molecular flexibility index (Phi) is 5.80. The topological polar surface area (TPSA) is 76.2 Å². The van der Waals surface area contributed by atoms with Gasteiger partial charge in [-0.05, 0) is 34.6 Å². The molecular formula is C16H26N2O5. The molecule has 0 aromatic rings. The van der Waals surface area contributed by atoms with Gasteiger partial charge in [0.2, 0.25) is 5.91 Å². The van der Waals surface area contributed by atoms with E-state index < -0.39 is 23.7 Å². The van der Waals surface area contributed by atoms with Gasteiger partial charge >= 0.3 is 12.1 Å². The highest BCUT2D eigenvalue weighted by atomic mass is 16.6. The number of nitrogens with zero attached hydrogens (tertiary/aromatic N) is 2. The maximum Gasteiger partial charge on any atom is 0.411 e. The van der Waals surface area contributed by atoms with Gasteiger partial charge in [0, 0.05) is 14.0 Å². The molecule has 1 rings (SSSR count). The van der Waals surface area contributed by atoms with E-state index in [1.165, 1.54) is 16.7 Å². The first kappa shape index (κ1) is 19.0. The highest BCUT2D eigenvalue weighted by Crippen LogP contribution is 2.29. The Morgan fingerprint density at radius 2 is 1.87 bits per heavy atom. The lowest BCUT2D eigenvalue weighted by molar-refractivity contribution is -0.139. The van der Waals surface area contributed by atoms with E-state index in [-0.39, 0.29) is 19.1 Å².